The first-order chi connectivity index (χ1) is 9.56. The second-order valence-corrected chi connectivity index (χ2v) is 4.29. The summed E-state index contributed by atoms with van der Waals surface area (Å²) in [7, 11) is 0. The van der Waals surface area contributed by atoms with Crippen LogP contribution < -0.4 is 4.89 Å². The van der Waals surface area contributed by atoms with Gasteiger partial charge in [-0.3, -0.25) is 9.59 Å². The van der Waals surface area contributed by atoms with Crippen LogP contribution in [0, 0.1) is 0 Å². The zero-order valence-corrected chi connectivity index (χ0v) is 9.95. The fourth-order valence-electron chi connectivity index (χ4n) is 2.32. The predicted octanol–water partition coefficient (Wildman–Crippen LogP) is 1.72. The lowest BCUT2D eigenvalue weighted by atomic mass is 9.83. The minimum absolute atomic E-state index is 0.119. The van der Waals surface area contributed by atoms with Crippen molar-refractivity contribution in [2.45, 2.75) is 0 Å². The van der Waals surface area contributed by atoms with Crippen LogP contribution >= 0.6 is 0 Å². The molecule has 0 bridgehead atoms. The van der Waals surface area contributed by atoms with Crippen molar-refractivity contribution in [1.29, 1.82) is 0 Å². The summed E-state index contributed by atoms with van der Waals surface area (Å²) >= 11 is 0. The molecule has 6 nitrogen and oxygen atoms in total. The van der Waals surface area contributed by atoms with E-state index in [1.165, 1.54) is 12.1 Å². The largest absolute Gasteiger partial charge is 0.507 e. The number of aromatic hydroxyl groups is 2. The second-order valence-electron chi connectivity index (χ2n) is 4.29. The predicted molar refractivity (Wildman–Crippen MR) is 66.3 cm³/mol. The molecule has 3 N–H and O–H groups in total. The molecule has 0 heterocycles. The van der Waals surface area contributed by atoms with Gasteiger partial charge in [-0.1, -0.05) is 24.3 Å². The monoisotopic (exact) mass is 272 g/mol. The zero-order valence-electron chi connectivity index (χ0n) is 9.95. The van der Waals surface area contributed by atoms with E-state index in [1.54, 1.807) is 12.1 Å². The van der Waals surface area contributed by atoms with Gasteiger partial charge in [0.25, 0.3) is 0 Å². The standard InChI is InChI=1S/C14H8O6/c15-8-5-9(16)14(20-19)11-10(8)12(17)6-3-1-2-4-7(6)13(11)18/h1-5,15-16,19H. The normalized spacial score (nSPS) is 12.8. The molecule has 2 aromatic carbocycles. The van der Waals surface area contributed by atoms with Crippen LogP contribution in [0.5, 0.6) is 17.2 Å². The number of carbonyl (C=O) groups is 2. The molecule has 20 heavy (non-hydrogen) atoms. The Balaban J connectivity index is 2.42. The van der Waals surface area contributed by atoms with Crippen LogP contribution in [-0.4, -0.2) is 27.0 Å². The summed E-state index contributed by atoms with van der Waals surface area (Å²) in [6.07, 6.45) is 0. The molecule has 0 atom stereocenters. The van der Waals surface area contributed by atoms with E-state index in [0.29, 0.717) is 0 Å². The first-order valence-corrected chi connectivity index (χ1v) is 5.65. The Morgan fingerprint density at radius 2 is 1.40 bits per heavy atom. The van der Waals surface area contributed by atoms with Crippen molar-refractivity contribution < 1.29 is 29.9 Å². The van der Waals surface area contributed by atoms with Gasteiger partial charge in [0, 0.05) is 17.2 Å². The molecule has 0 radical (unpaired) electrons. The van der Waals surface area contributed by atoms with Crippen LogP contribution in [-0.2, 0) is 0 Å². The van der Waals surface area contributed by atoms with Gasteiger partial charge >= 0.3 is 0 Å². The minimum Gasteiger partial charge on any atom is -0.507 e. The number of rotatable bonds is 1. The maximum absolute atomic E-state index is 12.4. The molecule has 0 saturated carbocycles. The average Bonchev–Trinajstić information content (AvgIpc) is 2.44. The molecule has 6 heteroatoms. The maximum Gasteiger partial charge on any atom is 0.218 e. The Labute approximate surface area is 112 Å². The van der Waals surface area contributed by atoms with Crippen molar-refractivity contribution in [2.24, 2.45) is 0 Å². The number of hydrogen-bond donors (Lipinski definition) is 3. The van der Waals surface area contributed by atoms with Gasteiger partial charge in [0.1, 0.15) is 5.75 Å². The van der Waals surface area contributed by atoms with Crippen LogP contribution in [0.25, 0.3) is 0 Å². The van der Waals surface area contributed by atoms with Crippen molar-refractivity contribution in [3.63, 3.8) is 0 Å². The van der Waals surface area contributed by atoms with Gasteiger partial charge in [-0.2, -0.15) is 0 Å². The number of ketones is 2. The van der Waals surface area contributed by atoms with Crippen LogP contribution in [0.3, 0.4) is 0 Å². The van der Waals surface area contributed by atoms with Gasteiger partial charge in [-0.05, 0) is 0 Å². The maximum atomic E-state index is 12.4. The molecule has 0 saturated heterocycles. The lowest BCUT2D eigenvalue weighted by Gasteiger charge is -2.20. The van der Waals surface area contributed by atoms with E-state index < -0.39 is 28.8 Å². The van der Waals surface area contributed by atoms with Crippen molar-refractivity contribution in [2.75, 3.05) is 0 Å². The third-order valence-corrected chi connectivity index (χ3v) is 3.20. The fraction of sp³-hybridized carbons (Fsp3) is 0. The van der Waals surface area contributed by atoms with Crippen LogP contribution in [0.15, 0.2) is 30.3 Å². The fourth-order valence-corrected chi connectivity index (χ4v) is 2.32. The topological polar surface area (TPSA) is 104 Å². The summed E-state index contributed by atoms with van der Waals surface area (Å²) in [5, 5.41) is 28.2. The van der Waals surface area contributed by atoms with E-state index >= 15 is 0 Å². The van der Waals surface area contributed by atoms with E-state index in [2.05, 4.69) is 4.89 Å². The third kappa shape index (κ3) is 1.42. The van der Waals surface area contributed by atoms with Crippen molar-refractivity contribution in [3.8, 4) is 17.2 Å². The Kier molecular flexibility index (Phi) is 2.48. The Hall–Kier alpha value is -2.86. The highest BCUT2D eigenvalue weighted by molar-refractivity contribution is 6.30. The highest BCUT2D eigenvalue weighted by Gasteiger charge is 2.36. The highest BCUT2D eigenvalue weighted by atomic mass is 17.1. The molecule has 0 amide bonds. The Morgan fingerprint density at radius 1 is 0.850 bits per heavy atom. The van der Waals surface area contributed by atoms with Gasteiger partial charge in [-0.15, -0.1) is 0 Å². The summed E-state index contributed by atoms with van der Waals surface area (Å²) in [6, 6.07) is 6.92. The second kappa shape index (κ2) is 4.07. The van der Waals surface area contributed by atoms with Crippen LogP contribution in [0.2, 0.25) is 0 Å². The average molecular weight is 272 g/mol. The first-order valence-electron chi connectivity index (χ1n) is 5.65. The Bertz CT molecular complexity index is 762. The molecular weight excluding hydrogens is 264 g/mol. The molecule has 1 aliphatic carbocycles. The number of carbonyl (C=O) groups excluding carboxylic acids is 2. The van der Waals surface area contributed by atoms with Crippen molar-refractivity contribution >= 4 is 11.6 Å². The van der Waals surface area contributed by atoms with Gasteiger partial charge in [-0.25, -0.2) is 5.26 Å². The molecule has 100 valence electrons. The smallest absolute Gasteiger partial charge is 0.218 e. The first kappa shape index (κ1) is 12.2. The molecule has 0 unspecified atom stereocenters. The molecular formula is C14H8O6. The molecule has 0 aliphatic heterocycles. The molecule has 2 aromatic rings. The number of phenols is 2. The summed E-state index contributed by atoms with van der Waals surface area (Å²) in [6.45, 7) is 0. The van der Waals surface area contributed by atoms with E-state index in [-0.39, 0.29) is 22.3 Å². The highest BCUT2D eigenvalue weighted by Crippen LogP contribution is 2.43. The van der Waals surface area contributed by atoms with Gasteiger partial charge in [0.05, 0.1) is 11.1 Å². The zero-order chi connectivity index (χ0) is 14.4. The number of fused-ring (bicyclic) bond motifs is 2. The molecule has 0 spiro atoms. The van der Waals surface area contributed by atoms with Crippen molar-refractivity contribution in [1.82, 2.24) is 0 Å². The van der Waals surface area contributed by atoms with Crippen LogP contribution in [0.1, 0.15) is 31.8 Å². The third-order valence-electron chi connectivity index (χ3n) is 3.20. The lowest BCUT2D eigenvalue weighted by molar-refractivity contribution is -0.139. The number of hydrogen-bond acceptors (Lipinski definition) is 6. The van der Waals surface area contributed by atoms with Gasteiger partial charge in [0.15, 0.2) is 17.3 Å². The van der Waals surface area contributed by atoms with Gasteiger partial charge in [0.2, 0.25) is 5.75 Å². The molecule has 0 fully saturated rings. The summed E-state index contributed by atoms with van der Waals surface area (Å²) in [5.74, 6) is -2.93. The quantitative estimate of drug-likeness (QED) is 0.460. The molecule has 3 rings (SSSR count). The van der Waals surface area contributed by atoms with E-state index in [9.17, 15) is 19.8 Å². The Morgan fingerprint density at radius 3 is 1.95 bits per heavy atom. The summed E-state index contributed by atoms with van der Waals surface area (Å²) < 4.78 is 0. The minimum atomic E-state index is -0.635. The number of phenolic OH excluding ortho intramolecular Hbond substituents is 2. The van der Waals surface area contributed by atoms with Gasteiger partial charge < -0.3 is 15.1 Å². The molecule has 0 aromatic heterocycles. The lowest BCUT2D eigenvalue weighted by Crippen LogP contribution is -2.21. The van der Waals surface area contributed by atoms with Crippen LogP contribution in [0.4, 0.5) is 0 Å². The summed E-state index contributed by atoms with van der Waals surface area (Å²) in [4.78, 5) is 28.7. The van der Waals surface area contributed by atoms with E-state index in [4.69, 9.17) is 5.26 Å². The van der Waals surface area contributed by atoms with E-state index in [0.717, 1.165) is 6.07 Å². The SMILES string of the molecule is O=C1c2ccccc2C(=O)c2c(OO)c(O)cc(O)c21. The molecule has 1 aliphatic rings. The van der Waals surface area contributed by atoms with Crippen molar-refractivity contribution in [3.05, 3.63) is 52.6 Å². The number of benzene rings is 2. The summed E-state index contributed by atoms with van der Waals surface area (Å²) in [5.41, 5.74) is -0.382. The van der Waals surface area contributed by atoms with E-state index in [1.807, 2.05) is 0 Å².